The first-order chi connectivity index (χ1) is 7.14. The quantitative estimate of drug-likeness (QED) is 0.732. The molecule has 2 aliphatic heterocycles. The number of nitrogens with one attached hydrogen (secondary N) is 2. The highest BCUT2D eigenvalue weighted by molar-refractivity contribution is 5.07. The third-order valence-corrected chi connectivity index (χ3v) is 3.68. The predicted molar refractivity (Wildman–Crippen MR) is 62.0 cm³/mol. The SMILES string of the molecule is CC(C)CC(C)C1NCCOC12CNC2. The van der Waals surface area contributed by atoms with E-state index in [2.05, 4.69) is 31.4 Å². The molecule has 2 aliphatic rings. The molecule has 2 atom stereocenters. The highest BCUT2D eigenvalue weighted by Crippen LogP contribution is 2.31. The van der Waals surface area contributed by atoms with Crippen LogP contribution >= 0.6 is 0 Å². The van der Waals surface area contributed by atoms with Crippen molar-refractivity contribution in [2.75, 3.05) is 26.2 Å². The molecule has 2 heterocycles. The van der Waals surface area contributed by atoms with Gasteiger partial charge in [0.15, 0.2) is 0 Å². The van der Waals surface area contributed by atoms with Gasteiger partial charge >= 0.3 is 0 Å². The molecule has 1 spiro atoms. The van der Waals surface area contributed by atoms with Crippen molar-refractivity contribution in [1.82, 2.24) is 10.6 Å². The second-order valence-corrected chi connectivity index (χ2v) is 5.56. The molecule has 3 heteroatoms. The largest absolute Gasteiger partial charge is 0.369 e. The Morgan fingerprint density at radius 2 is 2.07 bits per heavy atom. The van der Waals surface area contributed by atoms with Crippen molar-refractivity contribution in [3.63, 3.8) is 0 Å². The van der Waals surface area contributed by atoms with Crippen LogP contribution in [-0.2, 0) is 4.74 Å². The fourth-order valence-electron chi connectivity index (χ4n) is 3.04. The fraction of sp³-hybridized carbons (Fsp3) is 1.00. The van der Waals surface area contributed by atoms with Crippen LogP contribution in [0.1, 0.15) is 27.2 Å². The topological polar surface area (TPSA) is 33.3 Å². The minimum Gasteiger partial charge on any atom is -0.369 e. The maximum Gasteiger partial charge on any atom is 0.108 e. The van der Waals surface area contributed by atoms with E-state index in [4.69, 9.17) is 4.74 Å². The van der Waals surface area contributed by atoms with Gasteiger partial charge in [-0.05, 0) is 18.3 Å². The molecule has 0 aromatic carbocycles. The van der Waals surface area contributed by atoms with Gasteiger partial charge in [-0.2, -0.15) is 0 Å². The van der Waals surface area contributed by atoms with Crippen molar-refractivity contribution in [2.24, 2.45) is 11.8 Å². The van der Waals surface area contributed by atoms with Crippen LogP contribution in [0.15, 0.2) is 0 Å². The first-order valence-electron chi connectivity index (χ1n) is 6.22. The molecule has 0 amide bonds. The molecule has 0 aromatic heterocycles. The van der Waals surface area contributed by atoms with Gasteiger partial charge in [-0.25, -0.2) is 0 Å². The average molecular weight is 212 g/mol. The van der Waals surface area contributed by atoms with Crippen molar-refractivity contribution in [3.8, 4) is 0 Å². The molecule has 0 saturated carbocycles. The smallest absolute Gasteiger partial charge is 0.108 e. The van der Waals surface area contributed by atoms with Gasteiger partial charge in [0.2, 0.25) is 0 Å². The van der Waals surface area contributed by atoms with Gasteiger partial charge in [-0.1, -0.05) is 20.8 Å². The molecular formula is C12H24N2O. The second-order valence-electron chi connectivity index (χ2n) is 5.56. The summed E-state index contributed by atoms with van der Waals surface area (Å²) in [5.74, 6) is 1.47. The van der Waals surface area contributed by atoms with E-state index in [0.29, 0.717) is 12.0 Å². The summed E-state index contributed by atoms with van der Waals surface area (Å²) < 4.78 is 5.99. The lowest BCUT2D eigenvalue weighted by Crippen LogP contribution is -2.74. The third kappa shape index (κ3) is 2.19. The molecule has 2 unspecified atom stereocenters. The molecule has 2 rings (SSSR count). The Kier molecular flexibility index (Phi) is 3.33. The Labute approximate surface area is 93.0 Å². The number of ether oxygens (including phenoxy) is 1. The number of hydrogen-bond acceptors (Lipinski definition) is 3. The zero-order chi connectivity index (χ0) is 10.9. The number of morpholine rings is 1. The van der Waals surface area contributed by atoms with E-state index in [1.54, 1.807) is 0 Å². The number of hydrogen-bond donors (Lipinski definition) is 2. The van der Waals surface area contributed by atoms with Gasteiger partial charge in [0.05, 0.1) is 6.61 Å². The summed E-state index contributed by atoms with van der Waals surface area (Å²) in [5.41, 5.74) is 0.104. The molecule has 88 valence electrons. The Morgan fingerprint density at radius 3 is 2.60 bits per heavy atom. The van der Waals surface area contributed by atoms with E-state index >= 15 is 0 Å². The molecule has 0 aromatic rings. The molecule has 0 radical (unpaired) electrons. The minimum atomic E-state index is 0.104. The van der Waals surface area contributed by atoms with Crippen molar-refractivity contribution >= 4 is 0 Å². The van der Waals surface area contributed by atoms with Crippen LogP contribution in [0.4, 0.5) is 0 Å². The van der Waals surface area contributed by atoms with Crippen LogP contribution < -0.4 is 10.6 Å². The Balaban J connectivity index is 1.98. The summed E-state index contributed by atoms with van der Waals surface area (Å²) in [4.78, 5) is 0. The van der Waals surface area contributed by atoms with E-state index in [-0.39, 0.29) is 5.60 Å². The van der Waals surface area contributed by atoms with Gasteiger partial charge < -0.3 is 15.4 Å². The molecule has 2 fully saturated rings. The van der Waals surface area contributed by atoms with Gasteiger partial charge in [0, 0.05) is 25.7 Å². The maximum atomic E-state index is 5.99. The first-order valence-corrected chi connectivity index (χ1v) is 6.22. The lowest BCUT2D eigenvalue weighted by Gasteiger charge is -2.53. The van der Waals surface area contributed by atoms with Gasteiger partial charge in [-0.3, -0.25) is 0 Å². The van der Waals surface area contributed by atoms with Gasteiger partial charge in [0.1, 0.15) is 5.60 Å². The Bertz CT molecular complexity index is 214. The highest BCUT2D eigenvalue weighted by Gasteiger charge is 2.48. The van der Waals surface area contributed by atoms with E-state index in [1.807, 2.05) is 0 Å². The first kappa shape index (κ1) is 11.4. The molecule has 15 heavy (non-hydrogen) atoms. The van der Waals surface area contributed by atoms with Crippen LogP contribution in [0.3, 0.4) is 0 Å². The fourth-order valence-corrected chi connectivity index (χ4v) is 3.04. The van der Waals surface area contributed by atoms with Crippen molar-refractivity contribution in [3.05, 3.63) is 0 Å². The van der Waals surface area contributed by atoms with Crippen LogP contribution in [0, 0.1) is 11.8 Å². The zero-order valence-electron chi connectivity index (χ0n) is 10.2. The van der Waals surface area contributed by atoms with Crippen molar-refractivity contribution in [1.29, 1.82) is 0 Å². The number of rotatable bonds is 3. The van der Waals surface area contributed by atoms with E-state index in [9.17, 15) is 0 Å². The average Bonchev–Trinajstić information content (AvgIpc) is 2.14. The van der Waals surface area contributed by atoms with E-state index in [1.165, 1.54) is 6.42 Å². The Morgan fingerprint density at radius 1 is 1.33 bits per heavy atom. The summed E-state index contributed by atoms with van der Waals surface area (Å²) in [5, 5.41) is 7.00. The minimum absolute atomic E-state index is 0.104. The predicted octanol–water partition coefficient (Wildman–Crippen LogP) is 0.999. The molecule has 2 N–H and O–H groups in total. The molecule has 0 bridgehead atoms. The van der Waals surface area contributed by atoms with Gasteiger partial charge in [-0.15, -0.1) is 0 Å². The van der Waals surface area contributed by atoms with Crippen molar-refractivity contribution in [2.45, 2.75) is 38.8 Å². The van der Waals surface area contributed by atoms with Crippen LogP contribution in [0.25, 0.3) is 0 Å². The monoisotopic (exact) mass is 212 g/mol. The maximum absolute atomic E-state index is 5.99. The molecule has 0 aliphatic carbocycles. The molecule has 2 saturated heterocycles. The normalized spacial score (nSPS) is 31.6. The van der Waals surface area contributed by atoms with Crippen LogP contribution in [0.2, 0.25) is 0 Å². The summed E-state index contributed by atoms with van der Waals surface area (Å²) >= 11 is 0. The summed E-state index contributed by atoms with van der Waals surface area (Å²) in [6.07, 6.45) is 1.28. The Hall–Kier alpha value is -0.120. The molecular weight excluding hydrogens is 188 g/mol. The standard InChI is InChI=1S/C12H24N2O/c1-9(2)6-10(3)11-12(7-13-8-12)15-5-4-14-11/h9-11,13-14H,4-8H2,1-3H3. The lowest BCUT2D eigenvalue weighted by atomic mass is 9.77. The summed E-state index contributed by atoms with van der Waals surface area (Å²) in [6.45, 7) is 10.9. The van der Waals surface area contributed by atoms with E-state index in [0.717, 1.165) is 32.2 Å². The zero-order valence-corrected chi connectivity index (χ0v) is 10.2. The van der Waals surface area contributed by atoms with E-state index < -0.39 is 0 Å². The van der Waals surface area contributed by atoms with Crippen LogP contribution in [0.5, 0.6) is 0 Å². The summed E-state index contributed by atoms with van der Waals surface area (Å²) in [7, 11) is 0. The third-order valence-electron chi connectivity index (χ3n) is 3.68. The van der Waals surface area contributed by atoms with Gasteiger partial charge in [0.25, 0.3) is 0 Å². The molecule has 3 nitrogen and oxygen atoms in total. The summed E-state index contributed by atoms with van der Waals surface area (Å²) in [6, 6.07) is 0.537. The van der Waals surface area contributed by atoms with Crippen molar-refractivity contribution < 1.29 is 4.74 Å². The lowest BCUT2D eigenvalue weighted by molar-refractivity contribution is -0.139. The second kappa shape index (κ2) is 4.40. The van der Waals surface area contributed by atoms with Crippen LogP contribution in [-0.4, -0.2) is 37.9 Å². The highest BCUT2D eigenvalue weighted by atomic mass is 16.5.